The van der Waals surface area contributed by atoms with Crippen molar-refractivity contribution in [2.75, 3.05) is 33.7 Å². The Kier molecular flexibility index (Phi) is 6.31. The molecule has 24 heavy (non-hydrogen) atoms. The molecule has 132 valence electrons. The van der Waals surface area contributed by atoms with Crippen molar-refractivity contribution in [2.45, 2.75) is 32.1 Å². The first kappa shape index (κ1) is 18.4. The number of aromatic nitrogens is 1. The lowest BCUT2D eigenvalue weighted by molar-refractivity contribution is -0.147. The first-order valence-corrected chi connectivity index (χ1v) is 8.58. The van der Waals surface area contributed by atoms with Gasteiger partial charge in [0.25, 0.3) is 0 Å². The van der Waals surface area contributed by atoms with Crippen LogP contribution in [0.1, 0.15) is 31.4 Å². The van der Waals surface area contributed by atoms with E-state index in [1.807, 2.05) is 18.2 Å². The third-order valence-electron chi connectivity index (χ3n) is 4.78. The van der Waals surface area contributed by atoms with Gasteiger partial charge in [-0.05, 0) is 44.2 Å². The number of hydrogen-bond donors (Lipinski definition) is 1. The zero-order valence-corrected chi connectivity index (χ0v) is 14.7. The minimum Gasteiger partial charge on any atom is -0.348 e. The van der Waals surface area contributed by atoms with Crippen LogP contribution in [0.4, 0.5) is 0 Å². The summed E-state index contributed by atoms with van der Waals surface area (Å²) < 4.78 is 0. The number of aryl methyl sites for hydroxylation is 1. The molecule has 2 amide bonds. The van der Waals surface area contributed by atoms with Gasteiger partial charge in [-0.25, -0.2) is 0 Å². The number of rotatable bonds is 6. The molecule has 0 spiro atoms. The van der Waals surface area contributed by atoms with E-state index in [2.05, 4.69) is 4.98 Å². The molecule has 0 aromatic carbocycles. The van der Waals surface area contributed by atoms with Gasteiger partial charge in [-0.15, -0.1) is 0 Å². The van der Waals surface area contributed by atoms with E-state index in [9.17, 15) is 9.59 Å². The standard InChI is InChI=1S/C18H28N4O2/c1-21(2)17(24)18(9-5-8-15-7-3-4-11-20-15)10-6-12-22(14-18)16(23)13-19/h3-4,7,11H,5-6,8-10,12-14,19H2,1-2H3. The van der Waals surface area contributed by atoms with Crippen LogP contribution in [0.15, 0.2) is 24.4 Å². The highest BCUT2D eigenvalue weighted by Gasteiger charge is 2.43. The van der Waals surface area contributed by atoms with Gasteiger partial charge in [0.1, 0.15) is 0 Å². The maximum atomic E-state index is 12.9. The van der Waals surface area contributed by atoms with E-state index in [4.69, 9.17) is 5.73 Å². The van der Waals surface area contributed by atoms with Crippen molar-refractivity contribution in [3.63, 3.8) is 0 Å². The summed E-state index contributed by atoms with van der Waals surface area (Å²) in [6.07, 6.45) is 5.93. The number of carbonyl (C=O) groups excluding carboxylic acids is 2. The van der Waals surface area contributed by atoms with Crippen LogP contribution in [0.2, 0.25) is 0 Å². The Labute approximate surface area is 144 Å². The summed E-state index contributed by atoms with van der Waals surface area (Å²) in [6.45, 7) is 1.17. The van der Waals surface area contributed by atoms with Crippen LogP contribution >= 0.6 is 0 Å². The van der Waals surface area contributed by atoms with Crippen molar-refractivity contribution in [2.24, 2.45) is 11.1 Å². The first-order chi connectivity index (χ1) is 11.5. The Morgan fingerprint density at radius 1 is 1.38 bits per heavy atom. The minimum absolute atomic E-state index is 0.000169. The zero-order chi connectivity index (χ0) is 17.6. The second kappa shape index (κ2) is 8.24. The fourth-order valence-corrected chi connectivity index (χ4v) is 3.59. The number of amides is 2. The highest BCUT2D eigenvalue weighted by atomic mass is 16.2. The molecule has 2 heterocycles. The molecule has 0 aliphatic carbocycles. The molecule has 1 unspecified atom stereocenters. The normalized spacial score (nSPS) is 20.7. The minimum atomic E-state index is -0.499. The Hall–Kier alpha value is -1.95. The number of pyridine rings is 1. The maximum Gasteiger partial charge on any atom is 0.236 e. The Balaban J connectivity index is 2.08. The van der Waals surface area contributed by atoms with Gasteiger partial charge < -0.3 is 15.5 Å². The molecule has 1 saturated heterocycles. The van der Waals surface area contributed by atoms with Gasteiger partial charge in [0, 0.05) is 39.1 Å². The van der Waals surface area contributed by atoms with Gasteiger partial charge in [-0.3, -0.25) is 14.6 Å². The largest absolute Gasteiger partial charge is 0.348 e. The molecule has 0 radical (unpaired) electrons. The molecule has 6 heteroatoms. The van der Waals surface area contributed by atoms with Crippen molar-refractivity contribution in [1.82, 2.24) is 14.8 Å². The van der Waals surface area contributed by atoms with Crippen LogP contribution in [-0.2, 0) is 16.0 Å². The zero-order valence-electron chi connectivity index (χ0n) is 14.7. The summed E-state index contributed by atoms with van der Waals surface area (Å²) in [5.41, 5.74) is 6.05. The van der Waals surface area contributed by atoms with Crippen LogP contribution in [0.3, 0.4) is 0 Å². The average molecular weight is 332 g/mol. The molecule has 1 aromatic rings. The van der Waals surface area contributed by atoms with Crippen molar-refractivity contribution >= 4 is 11.8 Å². The van der Waals surface area contributed by atoms with Gasteiger partial charge in [0.15, 0.2) is 0 Å². The number of likely N-dealkylation sites (tertiary alicyclic amines) is 1. The van der Waals surface area contributed by atoms with Crippen molar-refractivity contribution in [3.8, 4) is 0 Å². The Bertz CT molecular complexity index is 561. The van der Waals surface area contributed by atoms with Gasteiger partial charge >= 0.3 is 0 Å². The monoisotopic (exact) mass is 332 g/mol. The Morgan fingerprint density at radius 2 is 2.17 bits per heavy atom. The molecule has 6 nitrogen and oxygen atoms in total. The summed E-state index contributed by atoms with van der Waals surface area (Å²) in [6, 6.07) is 5.88. The van der Waals surface area contributed by atoms with Crippen LogP contribution in [0.5, 0.6) is 0 Å². The molecule has 0 saturated carbocycles. The van der Waals surface area contributed by atoms with Crippen molar-refractivity contribution in [3.05, 3.63) is 30.1 Å². The van der Waals surface area contributed by atoms with Gasteiger partial charge in [0.2, 0.25) is 11.8 Å². The third-order valence-corrected chi connectivity index (χ3v) is 4.78. The second-order valence-electron chi connectivity index (χ2n) is 6.78. The number of hydrogen-bond acceptors (Lipinski definition) is 4. The molecule has 0 bridgehead atoms. The SMILES string of the molecule is CN(C)C(=O)C1(CCCc2ccccn2)CCCN(C(=O)CN)C1. The van der Waals surface area contributed by atoms with Crippen molar-refractivity contribution in [1.29, 1.82) is 0 Å². The van der Waals surface area contributed by atoms with Gasteiger partial charge in [-0.1, -0.05) is 6.07 Å². The predicted octanol–water partition coefficient (Wildman–Crippen LogP) is 1.06. The molecular formula is C18H28N4O2. The summed E-state index contributed by atoms with van der Waals surface area (Å²) >= 11 is 0. The number of nitrogens with zero attached hydrogens (tertiary/aromatic N) is 3. The molecule has 1 aliphatic heterocycles. The number of piperidine rings is 1. The lowest BCUT2D eigenvalue weighted by atomic mass is 9.74. The summed E-state index contributed by atoms with van der Waals surface area (Å²) in [5, 5.41) is 0. The van der Waals surface area contributed by atoms with E-state index >= 15 is 0 Å². The third kappa shape index (κ3) is 4.32. The van der Waals surface area contributed by atoms with E-state index in [0.29, 0.717) is 13.1 Å². The second-order valence-corrected chi connectivity index (χ2v) is 6.78. The predicted molar refractivity (Wildman–Crippen MR) is 93.2 cm³/mol. The topological polar surface area (TPSA) is 79.5 Å². The van der Waals surface area contributed by atoms with Crippen LogP contribution in [0, 0.1) is 5.41 Å². The van der Waals surface area contributed by atoms with Gasteiger partial charge in [-0.2, -0.15) is 0 Å². The highest BCUT2D eigenvalue weighted by molar-refractivity contribution is 5.84. The molecular weight excluding hydrogens is 304 g/mol. The fraction of sp³-hybridized carbons (Fsp3) is 0.611. The van der Waals surface area contributed by atoms with E-state index in [1.54, 1.807) is 30.1 Å². The molecule has 1 aliphatic rings. The van der Waals surface area contributed by atoms with E-state index in [0.717, 1.165) is 37.8 Å². The van der Waals surface area contributed by atoms with Gasteiger partial charge in [0.05, 0.1) is 12.0 Å². The molecule has 1 atom stereocenters. The fourth-order valence-electron chi connectivity index (χ4n) is 3.59. The smallest absolute Gasteiger partial charge is 0.236 e. The summed E-state index contributed by atoms with van der Waals surface area (Å²) in [7, 11) is 3.57. The quantitative estimate of drug-likeness (QED) is 0.845. The van der Waals surface area contributed by atoms with E-state index in [1.165, 1.54) is 0 Å². The average Bonchev–Trinajstić information content (AvgIpc) is 2.61. The first-order valence-electron chi connectivity index (χ1n) is 8.58. The Morgan fingerprint density at radius 3 is 2.79 bits per heavy atom. The highest BCUT2D eigenvalue weighted by Crippen LogP contribution is 2.36. The molecule has 1 fully saturated rings. The summed E-state index contributed by atoms with van der Waals surface area (Å²) in [5.74, 6) is 0.0356. The van der Waals surface area contributed by atoms with Crippen LogP contribution in [-0.4, -0.2) is 60.3 Å². The van der Waals surface area contributed by atoms with Crippen LogP contribution in [0.25, 0.3) is 0 Å². The van der Waals surface area contributed by atoms with E-state index in [-0.39, 0.29) is 18.4 Å². The molecule has 2 rings (SSSR count). The summed E-state index contributed by atoms with van der Waals surface area (Å²) in [4.78, 5) is 32.6. The molecule has 1 aromatic heterocycles. The number of carbonyl (C=O) groups is 2. The van der Waals surface area contributed by atoms with Crippen LogP contribution < -0.4 is 5.73 Å². The van der Waals surface area contributed by atoms with Crippen molar-refractivity contribution < 1.29 is 9.59 Å². The maximum absolute atomic E-state index is 12.9. The van der Waals surface area contributed by atoms with E-state index < -0.39 is 5.41 Å². The number of nitrogens with two attached hydrogens (primary N) is 1. The lowest BCUT2D eigenvalue weighted by Crippen LogP contribution is -2.54. The lowest BCUT2D eigenvalue weighted by Gasteiger charge is -2.43. The molecule has 2 N–H and O–H groups in total.